The number of fused-ring (bicyclic) bond motifs is 1. The largest absolute Gasteiger partial charge is 0.464 e. The van der Waals surface area contributed by atoms with E-state index in [0.29, 0.717) is 11.3 Å². The van der Waals surface area contributed by atoms with Crippen molar-refractivity contribution in [1.29, 1.82) is 0 Å². The first-order valence-electron chi connectivity index (χ1n) is 7.26. The quantitative estimate of drug-likeness (QED) is 0.545. The summed E-state index contributed by atoms with van der Waals surface area (Å²) < 4.78 is 16.2. The van der Waals surface area contributed by atoms with Gasteiger partial charge in [-0.1, -0.05) is 12.1 Å². The molecule has 0 aromatic heterocycles. The molecule has 2 aliphatic rings. The Morgan fingerprint density at radius 1 is 1.13 bits per heavy atom. The van der Waals surface area contributed by atoms with E-state index >= 15 is 0 Å². The fraction of sp³-hybridized carbons (Fsp3) is 0.533. The van der Waals surface area contributed by atoms with E-state index < -0.39 is 43.6 Å². The number of ether oxygens (including phenoxy) is 3. The Kier molecular flexibility index (Phi) is 4.62. The molecule has 0 bridgehead atoms. The van der Waals surface area contributed by atoms with Crippen molar-refractivity contribution in [3.63, 3.8) is 0 Å². The second-order valence-corrected chi connectivity index (χ2v) is 5.50. The predicted molar refractivity (Wildman–Crippen MR) is 74.7 cm³/mol. The van der Waals surface area contributed by atoms with Gasteiger partial charge >= 0.3 is 0 Å². The molecule has 2 heterocycles. The topological polar surface area (TPSA) is 126 Å². The van der Waals surface area contributed by atoms with E-state index in [9.17, 15) is 20.1 Å². The van der Waals surface area contributed by atoms with Gasteiger partial charge in [-0.2, -0.15) is 0 Å². The molecule has 2 unspecified atom stereocenters. The van der Waals surface area contributed by atoms with Gasteiger partial charge in [0.15, 0.2) is 12.1 Å². The van der Waals surface area contributed by atoms with Crippen molar-refractivity contribution >= 4 is 5.78 Å². The second kappa shape index (κ2) is 6.52. The number of aliphatic hydroxyl groups is 4. The molecule has 23 heavy (non-hydrogen) atoms. The van der Waals surface area contributed by atoms with E-state index in [1.807, 2.05) is 0 Å². The number of hydrogen-bond donors (Lipinski definition) is 4. The molecule has 0 aliphatic carbocycles. The van der Waals surface area contributed by atoms with E-state index in [4.69, 9.17) is 19.3 Å². The SMILES string of the molecule is O=C1CC(OC2O[C@H](CO)[C@@H](O)[C@H](O)[C@H]2O)Oc2ccccc21. The van der Waals surface area contributed by atoms with Gasteiger partial charge in [-0.05, 0) is 12.1 Å². The van der Waals surface area contributed by atoms with Gasteiger partial charge in [-0.3, -0.25) is 4.79 Å². The van der Waals surface area contributed by atoms with Crippen LogP contribution in [0.2, 0.25) is 0 Å². The van der Waals surface area contributed by atoms with Gasteiger partial charge in [0.2, 0.25) is 6.29 Å². The maximum atomic E-state index is 12.1. The van der Waals surface area contributed by atoms with Gasteiger partial charge in [-0.15, -0.1) is 0 Å². The van der Waals surface area contributed by atoms with Crippen LogP contribution in [0, 0.1) is 0 Å². The molecule has 0 spiro atoms. The minimum absolute atomic E-state index is 0.0773. The van der Waals surface area contributed by atoms with Crippen LogP contribution in [0.5, 0.6) is 5.75 Å². The second-order valence-electron chi connectivity index (χ2n) is 5.50. The van der Waals surface area contributed by atoms with Crippen molar-refractivity contribution in [1.82, 2.24) is 0 Å². The van der Waals surface area contributed by atoms with Gasteiger partial charge in [0, 0.05) is 0 Å². The average Bonchev–Trinajstić information content (AvgIpc) is 2.55. The molecule has 126 valence electrons. The first-order valence-corrected chi connectivity index (χ1v) is 7.26. The van der Waals surface area contributed by atoms with E-state index in [1.54, 1.807) is 24.3 Å². The lowest BCUT2D eigenvalue weighted by Crippen LogP contribution is -2.60. The van der Waals surface area contributed by atoms with Crippen LogP contribution in [0.4, 0.5) is 0 Å². The number of ketones is 1. The highest BCUT2D eigenvalue weighted by molar-refractivity contribution is 5.99. The molecule has 2 aliphatic heterocycles. The number of aliphatic hydroxyl groups excluding tert-OH is 4. The third kappa shape index (κ3) is 3.09. The van der Waals surface area contributed by atoms with Crippen LogP contribution >= 0.6 is 0 Å². The Balaban J connectivity index is 1.71. The molecule has 1 aromatic rings. The zero-order chi connectivity index (χ0) is 16.6. The van der Waals surface area contributed by atoms with E-state index in [-0.39, 0.29) is 12.2 Å². The van der Waals surface area contributed by atoms with Crippen LogP contribution in [0.15, 0.2) is 24.3 Å². The highest BCUT2D eigenvalue weighted by Gasteiger charge is 2.45. The minimum atomic E-state index is -1.54. The minimum Gasteiger partial charge on any atom is -0.464 e. The Bertz CT molecular complexity index is 574. The molecule has 1 fully saturated rings. The predicted octanol–water partition coefficient (Wildman–Crippen LogP) is -1.21. The van der Waals surface area contributed by atoms with E-state index in [0.717, 1.165) is 0 Å². The molecule has 0 saturated carbocycles. The highest BCUT2D eigenvalue weighted by atomic mass is 16.8. The number of carbonyl (C=O) groups excluding carboxylic acids is 1. The van der Waals surface area contributed by atoms with Crippen LogP contribution in [-0.4, -0.2) is 69.8 Å². The van der Waals surface area contributed by atoms with Crippen LogP contribution < -0.4 is 4.74 Å². The van der Waals surface area contributed by atoms with Crippen LogP contribution in [0.25, 0.3) is 0 Å². The number of hydrogen-bond acceptors (Lipinski definition) is 8. The molecule has 0 radical (unpaired) electrons. The molecule has 3 rings (SSSR count). The Labute approximate surface area is 131 Å². The normalized spacial score (nSPS) is 37.1. The molecule has 8 heteroatoms. The molecular formula is C15H18O8. The van der Waals surface area contributed by atoms with Crippen molar-refractivity contribution in [2.75, 3.05) is 6.61 Å². The van der Waals surface area contributed by atoms with Gasteiger partial charge in [0.05, 0.1) is 18.6 Å². The molecule has 1 saturated heterocycles. The zero-order valence-electron chi connectivity index (χ0n) is 12.1. The Morgan fingerprint density at radius 2 is 1.87 bits per heavy atom. The first kappa shape index (κ1) is 16.3. The van der Waals surface area contributed by atoms with Crippen molar-refractivity contribution in [2.45, 2.75) is 43.4 Å². The van der Waals surface area contributed by atoms with Crippen LogP contribution in [0.3, 0.4) is 0 Å². The van der Waals surface area contributed by atoms with Gasteiger partial charge < -0.3 is 34.6 Å². The van der Waals surface area contributed by atoms with Crippen molar-refractivity contribution in [2.24, 2.45) is 0 Å². The van der Waals surface area contributed by atoms with Crippen LogP contribution in [0.1, 0.15) is 16.8 Å². The number of Topliss-reactive ketones (excluding diaryl/α,β-unsaturated/α-hetero) is 1. The van der Waals surface area contributed by atoms with Crippen molar-refractivity contribution in [3.05, 3.63) is 29.8 Å². The number of benzene rings is 1. The molecule has 6 atom stereocenters. The fourth-order valence-corrected chi connectivity index (χ4v) is 2.65. The number of para-hydroxylation sites is 1. The Hall–Kier alpha value is -1.55. The summed E-state index contributed by atoms with van der Waals surface area (Å²) in [5.41, 5.74) is 0.446. The van der Waals surface area contributed by atoms with Crippen molar-refractivity contribution in [3.8, 4) is 5.75 Å². The molecule has 0 amide bonds. The standard InChI is InChI=1S/C15H18O8/c16-6-10-12(18)13(19)14(20)15(22-10)23-11-5-8(17)7-3-1-2-4-9(7)21-11/h1-4,10-16,18-20H,5-6H2/t10-,11?,12-,13+,14-,15?/m1/s1. The van der Waals surface area contributed by atoms with Gasteiger partial charge in [0.1, 0.15) is 30.2 Å². The lowest BCUT2D eigenvalue weighted by atomic mass is 9.99. The van der Waals surface area contributed by atoms with Gasteiger partial charge in [0.25, 0.3) is 0 Å². The zero-order valence-corrected chi connectivity index (χ0v) is 12.1. The summed E-state index contributed by atoms with van der Waals surface area (Å²) in [5, 5.41) is 38.5. The van der Waals surface area contributed by atoms with Crippen LogP contribution in [-0.2, 0) is 9.47 Å². The number of rotatable bonds is 3. The average molecular weight is 326 g/mol. The molecule has 4 N–H and O–H groups in total. The summed E-state index contributed by atoms with van der Waals surface area (Å²) in [6.07, 6.45) is -8.05. The smallest absolute Gasteiger partial charge is 0.209 e. The summed E-state index contributed by atoms with van der Waals surface area (Å²) >= 11 is 0. The summed E-state index contributed by atoms with van der Waals surface area (Å²) in [6.45, 7) is -0.557. The summed E-state index contributed by atoms with van der Waals surface area (Å²) in [6, 6.07) is 6.69. The summed E-state index contributed by atoms with van der Waals surface area (Å²) in [7, 11) is 0. The fourth-order valence-electron chi connectivity index (χ4n) is 2.65. The molecule has 8 nitrogen and oxygen atoms in total. The van der Waals surface area contributed by atoms with Gasteiger partial charge in [-0.25, -0.2) is 0 Å². The number of carbonyl (C=O) groups is 1. The lowest BCUT2D eigenvalue weighted by Gasteiger charge is -2.41. The Morgan fingerprint density at radius 3 is 2.61 bits per heavy atom. The van der Waals surface area contributed by atoms with E-state index in [1.165, 1.54) is 0 Å². The third-order valence-corrected chi connectivity index (χ3v) is 3.93. The maximum absolute atomic E-state index is 12.1. The maximum Gasteiger partial charge on any atom is 0.209 e. The first-order chi connectivity index (χ1) is 11.0. The summed E-state index contributed by atoms with van der Waals surface area (Å²) in [4.78, 5) is 12.1. The third-order valence-electron chi connectivity index (χ3n) is 3.93. The van der Waals surface area contributed by atoms with Crippen molar-refractivity contribution < 1.29 is 39.4 Å². The summed E-state index contributed by atoms with van der Waals surface area (Å²) in [5.74, 6) is 0.180. The molecule has 1 aromatic carbocycles. The monoisotopic (exact) mass is 326 g/mol. The van der Waals surface area contributed by atoms with E-state index in [2.05, 4.69) is 0 Å². The highest BCUT2D eigenvalue weighted by Crippen LogP contribution is 2.30. The molecular weight excluding hydrogens is 308 g/mol. The lowest BCUT2D eigenvalue weighted by molar-refractivity contribution is -0.327.